The second-order valence-corrected chi connectivity index (χ2v) is 10.1. The van der Waals surface area contributed by atoms with Crippen molar-refractivity contribution in [3.05, 3.63) is 77.9 Å². The molecular formula is C27H28FN7O2. The number of halogens is 1. The minimum absolute atomic E-state index is 0.128. The molecule has 1 saturated heterocycles. The molecule has 0 radical (unpaired) electrons. The van der Waals surface area contributed by atoms with Crippen molar-refractivity contribution < 1.29 is 14.0 Å². The highest BCUT2D eigenvalue weighted by Gasteiger charge is 2.40. The second kappa shape index (κ2) is 9.34. The van der Waals surface area contributed by atoms with Crippen molar-refractivity contribution in [1.82, 2.24) is 34.4 Å². The van der Waals surface area contributed by atoms with E-state index < -0.39 is 5.54 Å². The third-order valence-corrected chi connectivity index (χ3v) is 6.67. The molecule has 0 bridgehead atoms. The van der Waals surface area contributed by atoms with Gasteiger partial charge in [-0.1, -0.05) is 13.8 Å². The zero-order chi connectivity index (χ0) is 26.3. The Kier molecular flexibility index (Phi) is 6.18. The Labute approximate surface area is 214 Å². The first-order valence-electron chi connectivity index (χ1n) is 12.2. The number of carbonyl (C=O) groups is 2. The van der Waals surface area contributed by atoms with Gasteiger partial charge in [-0.15, -0.1) is 0 Å². The summed E-state index contributed by atoms with van der Waals surface area (Å²) in [7, 11) is 0. The molecule has 1 aromatic carbocycles. The van der Waals surface area contributed by atoms with Crippen molar-refractivity contribution in [2.75, 3.05) is 19.6 Å². The molecule has 2 amide bonds. The number of benzene rings is 1. The molecule has 0 unspecified atom stereocenters. The average molecular weight is 502 g/mol. The van der Waals surface area contributed by atoms with E-state index in [1.54, 1.807) is 38.7 Å². The molecule has 1 fully saturated rings. The maximum atomic E-state index is 13.7. The van der Waals surface area contributed by atoms with Crippen LogP contribution >= 0.6 is 0 Å². The van der Waals surface area contributed by atoms with Crippen molar-refractivity contribution >= 4 is 17.5 Å². The van der Waals surface area contributed by atoms with Crippen LogP contribution < -0.4 is 0 Å². The Hall–Kier alpha value is -4.21. The molecule has 190 valence electrons. The van der Waals surface area contributed by atoms with Crippen molar-refractivity contribution in [1.29, 1.82) is 0 Å². The van der Waals surface area contributed by atoms with Gasteiger partial charge < -0.3 is 9.80 Å². The van der Waals surface area contributed by atoms with Gasteiger partial charge in [0.25, 0.3) is 11.8 Å². The van der Waals surface area contributed by atoms with E-state index in [-0.39, 0.29) is 29.2 Å². The summed E-state index contributed by atoms with van der Waals surface area (Å²) in [5, 5.41) is 4.67. The van der Waals surface area contributed by atoms with E-state index in [2.05, 4.69) is 33.9 Å². The Morgan fingerprint density at radius 1 is 1.03 bits per heavy atom. The predicted octanol–water partition coefficient (Wildman–Crippen LogP) is 3.83. The molecule has 9 nitrogen and oxygen atoms in total. The van der Waals surface area contributed by atoms with Gasteiger partial charge in [0.1, 0.15) is 23.5 Å². The molecular weight excluding hydrogens is 473 g/mol. The summed E-state index contributed by atoms with van der Waals surface area (Å²) in [5.41, 5.74) is 2.99. The fourth-order valence-corrected chi connectivity index (χ4v) is 4.71. The van der Waals surface area contributed by atoms with Gasteiger partial charge >= 0.3 is 0 Å². The highest BCUT2D eigenvalue weighted by atomic mass is 19.1. The first kappa shape index (κ1) is 24.5. The van der Waals surface area contributed by atoms with Crippen LogP contribution in [0.2, 0.25) is 0 Å². The number of imidazole rings is 1. The summed E-state index contributed by atoms with van der Waals surface area (Å²) in [4.78, 5) is 42.6. The first-order valence-corrected chi connectivity index (χ1v) is 12.2. The molecule has 37 heavy (non-hydrogen) atoms. The smallest absolute Gasteiger partial charge is 0.274 e. The van der Waals surface area contributed by atoms with Crippen molar-refractivity contribution in [2.45, 2.75) is 39.2 Å². The molecule has 10 heteroatoms. The van der Waals surface area contributed by atoms with Crippen LogP contribution in [-0.2, 0) is 0 Å². The second-order valence-electron chi connectivity index (χ2n) is 10.1. The molecule has 0 N–H and O–H groups in total. The highest BCUT2D eigenvalue weighted by Crippen LogP contribution is 2.28. The molecule has 0 aliphatic carbocycles. The lowest BCUT2D eigenvalue weighted by molar-refractivity contribution is 0.0162. The van der Waals surface area contributed by atoms with E-state index in [1.165, 1.54) is 24.7 Å². The lowest BCUT2D eigenvalue weighted by atomic mass is 9.98. The monoisotopic (exact) mass is 501 g/mol. The number of hydrogen-bond donors (Lipinski definition) is 0. The van der Waals surface area contributed by atoms with E-state index in [0.29, 0.717) is 36.7 Å². The van der Waals surface area contributed by atoms with Gasteiger partial charge in [-0.2, -0.15) is 5.10 Å². The molecule has 5 rings (SSSR count). The molecule has 4 heterocycles. The normalized spacial score (nSPS) is 15.4. The first-order chi connectivity index (χ1) is 17.6. The number of aromatic nitrogens is 5. The Morgan fingerprint density at radius 3 is 2.43 bits per heavy atom. The van der Waals surface area contributed by atoms with Crippen LogP contribution in [-0.4, -0.2) is 71.4 Å². The minimum atomic E-state index is -0.624. The topological polar surface area (TPSA) is 96.6 Å². The van der Waals surface area contributed by atoms with Crippen LogP contribution in [0.1, 0.15) is 60.2 Å². The standard InChI is InChI=1S/C27H28FN7O2/c1-17(2)20-13-22(18-5-7-19(28)8-6-18)32-35-14-23(31-24(20)35)26(37)34-12-11-33(15-27(34,3)4)25(36)21-9-10-29-16-30-21/h5-10,13-14,16-17H,11-12,15H2,1-4H3. The highest BCUT2D eigenvalue weighted by molar-refractivity contribution is 5.95. The average Bonchev–Trinajstić information content (AvgIpc) is 3.32. The zero-order valence-corrected chi connectivity index (χ0v) is 21.2. The van der Waals surface area contributed by atoms with Gasteiger partial charge in [-0.25, -0.2) is 23.9 Å². The molecule has 4 aromatic rings. The van der Waals surface area contributed by atoms with E-state index >= 15 is 0 Å². The predicted molar refractivity (Wildman–Crippen MR) is 136 cm³/mol. The number of piperazine rings is 1. The number of nitrogens with zero attached hydrogens (tertiary/aromatic N) is 7. The van der Waals surface area contributed by atoms with Crippen molar-refractivity contribution in [2.24, 2.45) is 0 Å². The molecule has 1 aliphatic rings. The summed E-state index contributed by atoms with van der Waals surface area (Å²) < 4.78 is 15.1. The molecule has 1 aliphatic heterocycles. The maximum Gasteiger partial charge on any atom is 0.274 e. The number of rotatable bonds is 4. The molecule has 3 aromatic heterocycles. The van der Waals surface area contributed by atoms with Crippen LogP contribution in [0.5, 0.6) is 0 Å². The number of amides is 2. The van der Waals surface area contributed by atoms with Crippen LogP contribution in [0.4, 0.5) is 4.39 Å². The third-order valence-electron chi connectivity index (χ3n) is 6.67. The van der Waals surface area contributed by atoms with E-state index in [4.69, 9.17) is 0 Å². The Balaban J connectivity index is 1.44. The number of fused-ring (bicyclic) bond motifs is 1. The van der Waals surface area contributed by atoms with E-state index in [9.17, 15) is 14.0 Å². The Morgan fingerprint density at radius 2 is 1.78 bits per heavy atom. The van der Waals surface area contributed by atoms with Gasteiger partial charge in [0.2, 0.25) is 0 Å². The Bertz CT molecular complexity index is 1470. The van der Waals surface area contributed by atoms with Crippen LogP contribution in [0.15, 0.2) is 55.1 Å². The fourth-order valence-electron chi connectivity index (χ4n) is 4.71. The third kappa shape index (κ3) is 4.66. The molecule has 0 spiro atoms. The summed E-state index contributed by atoms with van der Waals surface area (Å²) in [5.74, 6) is -0.592. The minimum Gasteiger partial charge on any atom is -0.333 e. The summed E-state index contributed by atoms with van der Waals surface area (Å²) in [6.07, 6.45) is 4.53. The lowest BCUT2D eigenvalue weighted by Crippen LogP contribution is -2.62. The van der Waals surface area contributed by atoms with Crippen LogP contribution in [0.3, 0.4) is 0 Å². The maximum absolute atomic E-state index is 13.7. The summed E-state index contributed by atoms with van der Waals surface area (Å²) in [6.45, 7) is 9.08. The molecule has 0 atom stereocenters. The van der Waals surface area contributed by atoms with E-state index in [0.717, 1.165) is 11.1 Å². The SMILES string of the molecule is CC(C)c1cc(-c2ccc(F)cc2)nn2cc(C(=O)N3CCN(C(=O)c4ccncn4)CC3(C)C)nc12. The summed E-state index contributed by atoms with van der Waals surface area (Å²) in [6, 6.07) is 9.69. The largest absolute Gasteiger partial charge is 0.333 e. The fraction of sp³-hybridized carbons (Fsp3) is 0.333. The quantitative estimate of drug-likeness (QED) is 0.422. The van der Waals surface area contributed by atoms with Gasteiger partial charge in [0, 0.05) is 37.0 Å². The number of hydrogen-bond acceptors (Lipinski definition) is 6. The number of carbonyl (C=O) groups excluding carboxylic acids is 2. The van der Waals surface area contributed by atoms with Crippen LogP contribution in [0.25, 0.3) is 16.9 Å². The zero-order valence-electron chi connectivity index (χ0n) is 21.2. The summed E-state index contributed by atoms with van der Waals surface area (Å²) >= 11 is 0. The van der Waals surface area contributed by atoms with Gasteiger partial charge in [-0.05, 0) is 56.2 Å². The lowest BCUT2D eigenvalue weighted by Gasteiger charge is -2.46. The van der Waals surface area contributed by atoms with E-state index in [1.807, 2.05) is 19.9 Å². The van der Waals surface area contributed by atoms with Crippen LogP contribution in [0, 0.1) is 5.82 Å². The van der Waals surface area contributed by atoms with Gasteiger partial charge in [-0.3, -0.25) is 9.59 Å². The van der Waals surface area contributed by atoms with Crippen molar-refractivity contribution in [3.63, 3.8) is 0 Å². The van der Waals surface area contributed by atoms with Gasteiger partial charge in [0.05, 0.1) is 17.4 Å². The van der Waals surface area contributed by atoms with Crippen molar-refractivity contribution in [3.8, 4) is 11.3 Å². The van der Waals surface area contributed by atoms with Gasteiger partial charge in [0.15, 0.2) is 5.65 Å². The molecule has 0 saturated carbocycles.